The minimum absolute atomic E-state index is 0. The van der Waals surface area contributed by atoms with E-state index in [1.165, 1.54) is 7.11 Å². The molecule has 1 saturated heterocycles. The molecular formula is C14H17ClF2N2O3. The van der Waals surface area contributed by atoms with E-state index in [-0.39, 0.29) is 18.8 Å². The summed E-state index contributed by atoms with van der Waals surface area (Å²) in [5.74, 6) is -3.76. The van der Waals surface area contributed by atoms with E-state index in [4.69, 9.17) is 0 Å². The Labute approximate surface area is 132 Å². The lowest BCUT2D eigenvalue weighted by Gasteiger charge is -2.12. The zero-order valence-electron chi connectivity index (χ0n) is 11.9. The van der Waals surface area contributed by atoms with E-state index in [0.717, 1.165) is 0 Å². The predicted octanol–water partition coefficient (Wildman–Crippen LogP) is 1.76. The van der Waals surface area contributed by atoms with Gasteiger partial charge in [-0.1, -0.05) is 12.1 Å². The summed E-state index contributed by atoms with van der Waals surface area (Å²) < 4.78 is 30.7. The number of hydrogen-bond acceptors (Lipinski definition) is 4. The Kier molecular flexibility index (Phi) is 6.25. The Bertz CT molecular complexity index is 555. The molecular weight excluding hydrogens is 318 g/mol. The van der Waals surface area contributed by atoms with Crippen molar-refractivity contribution in [2.75, 3.05) is 19.0 Å². The number of methoxy groups -OCH3 is 1. The van der Waals surface area contributed by atoms with E-state index >= 15 is 0 Å². The number of benzene rings is 1. The van der Waals surface area contributed by atoms with Gasteiger partial charge in [-0.3, -0.25) is 14.9 Å². The highest BCUT2D eigenvalue weighted by molar-refractivity contribution is 5.95. The summed E-state index contributed by atoms with van der Waals surface area (Å²) in [4.78, 5) is 23.1. The van der Waals surface area contributed by atoms with Gasteiger partial charge in [-0.15, -0.1) is 12.4 Å². The van der Waals surface area contributed by atoms with Crippen LogP contribution in [0, 0.1) is 0 Å². The summed E-state index contributed by atoms with van der Waals surface area (Å²) in [6, 6.07) is 5.72. The molecule has 1 aliphatic heterocycles. The van der Waals surface area contributed by atoms with Crippen molar-refractivity contribution in [2.24, 2.45) is 0 Å². The van der Waals surface area contributed by atoms with Crippen LogP contribution in [0.2, 0.25) is 0 Å². The standard InChI is InChI=1S/C14H16F2N2O3.ClH/c1-21-12(19)6-9-3-2-4-10(5-9)18-13(20)11-7-14(15,16)8-17-11;/h2-5,11,17H,6-8H2,1H3,(H,18,20);1H. The van der Waals surface area contributed by atoms with E-state index in [1.54, 1.807) is 24.3 Å². The fourth-order valence-corrected chi connectivity index (χ4v) is 2.13. The van der Waals surface area contributed by atoms with Crippen LogP contribution in [-0.2, 0) is 20.7 Å². The third kappa shape index (κ3) is 4.92. The van der Waals surface area contributed by atoms with Gasteiger partial charge in [-0.2, -0.15) is 0 Å². The topological polar surface area (TPSA) is 67.4 Å². The second kappa shape index (κ2) is 7.51. The van der Waals surface area contributed by atoms with Crippen molar-refractivity contribution in [1.82, 2.24) is 5.32 Å². The highest BCUT2D eigenvalue weighted by Gasteiger charge is 2.42. The minimum atomic E-state index is -2.85. The number of anilines is 1. The van der Waals surface area contributed by atoms with E-state index < -0.39 is 36.8 Å². The summed E-state index contributed by atoms with van der Waals surface area (Å²) in [5, 5.41) is 5.05. The zero-order valence-corrected chi connectivity index (χ0v) is 12.7. The number of alkyl halides is 2. The first-order chi connectivity index (χ1) is 9.89. The quantitative estimate of drug-likeness (QED) is 0.823. The van der Waals surface area contributed by atoms with E-state index in [2.05, 4.69) is 15.4 Å². The molecule has 1 aromatic carbocycles. The maximum absolute atomic E-state index is 13.0. The number of halogens is 3. The lowest BCUT2D eigenvalue weighted by molar-refractivity contribution is -0.139. The van der Waals surface area contributed by atoms with Crippen molar-refractivity contribution >= 4 is 30.0 Å². The third-order valence-corrected chi connectivity index (χ3v) is 3.20. The number of amides is 1. The van der Waals surface area contributed by atoms with Crippen molar-refractivity contribution in [3.8, 4) is 0 Å². The van der Waals surface area contributed by atoms with Crippen molar-refractivity contribution in [3.63, 3.8) is 0 Å². The molecule has 2 N–H and O–H groups in total. The molecule has 5 nitrogen and oxygen atoms in total. The molecule has 8 heteroatoms. The lowest BCUT2D eigenvalue weighted by atomic mass is 10.1. The monoisotopic (exact) mass is 334 g/mol. The summed E-state index contributed by atoms with van der Waals surface area (Å²) in [5.41, 5.74) is 1.13. The maximum atomic E-state index is 13.0. The van der Waals surface area contributed by atoms with Gasteiger partial charge >= 0.3 is 5.97 Å². The van der Waals surface area contributed by atoms with Gasteiger partial charge in [0.2, 0.25) is 5.91 Å². The van der Waals surface area contributed by atoms with Gasteiger partial charge in [0.05, 0.1) is 26.1 Å². The molecule has 22 heavy (non-hydrogen) atoms. The largest absolute Gasteiger partial charge is 0.469 e. The van der Waals surface area contributed by atoms with Crippen LogP contribution in [0.4, 0.5) is 14.5 Å². The average molecular weight is 335 g/mol. The van der Waals surface area contributed by atoms with Crippen molar-refractivity contribution < 1.29 is 23.1 Å². The molecule has 2 rings (SSSR count). The summed E-state index contributed by atoms with van der Waals surface area (Å²) in [6.07, 6.45) is -0.430. The van der Waals surface area contributed by atoms with Gasteiger partial charge in [0.25, 0.3) is 5.92 Å². The van der Waals surface area contributed by atoms with Gasteiger partial charge < -0.3 is 10.1 Å². The van der Waals surface area contributed by atoms with Gasteiger partial charge in [0, 0.05) is 12.1 Å². The number of carbonyl (C=O) groups excluding carboxylic acids is 2. The van der Waals surface area contributed by atoms with Crippen LogP contribution < -0.4 is 10.6 Å². The van der Waals surface area contributed by atoms with Gasteiger partial charge in [0.1, 0.15) is 0 Å². The Balaban J connectivity index is 0.00000242. The Morgan fingerprint density at radius 2 is 2.18 bits per heavy atom. The second-order valence-electron chi connectivity index (χ2n) is 4.94. The number of ether oxygens (including phenoxy) is 1. The Morgan fingerprint density at radius 1 is 1.45 bits per heavy atom. The minimum Gasteiger partial charge on any atom is -0.469 e. The molecule has 0 spiro atoms. The summed E-state index contributed by atoms with van der Waals surface area (Å²) in [7, 11) is 1.29. The first-order valence-corrected chi connectivity index (χ1v) is 6.47. The molecule has 1 atom stereocenters. The second-order valence-corrected chi connectivity index (χ2v) is 4.94. The molecule has 1 aliphatic rings. The van der Waals surface area contributed by atoms with Crippen molar-refractivity contribution in [1.29, 1.82) is 0 Å². The molecule has 1 heterocycles. The zero-order chi connectivity index (χ0) is 15.5. The highest BCUT2D eigenvalue weighted by Crippen LogP contribution is 2.25. The van der Waals surface area contributed by atoms with Crippen LogP contribution in [0.25, 0.3) is 0 Å². The molecule has 0 bridgehead atoms. The van der Waals surface area contributed by atoms with Crippen molar-refractivity contribution in [3.05, 3.63) is 29.8 Å². The molecule has 0 aliphatic carbocycles. The van der Waals surface area contributed by atoms with Crippen LogP contribution >= 0.6 is 12.4 Å². The number of hydrogen-bond donors (Lipinski definition) is 2. The van der Waals surface area contributed by atoms with E-state index in [0.29, 0.717) is 11.3 Å². The number of rotatable bonds is 4. The molecule has 1 unspecified atom stereocenters. The molecule has 1 aromatic rings. The van der Waals surface area contributed by atoms with E-state index in [1.807, 2.05) is 0 Å². The maximum Gasteiger partial charge on any atom is 0.309 e. The Hall–Kier alpha value is -1.73. The number of nitrogens with one attached hydrogen (secondary N) is 2. The van der Waals surface area contributed by atoms with Crippen LogP contribution in [0.1, 0.15) is 12.0 Å². The smallest absolute Gasteiger partial charge is 0.309 e. The number of carbonyl (C=O) groups is 2. The molecule has 1 fully saturated rings. The highest BCUT2D eigenvalue weighted by atomic mass is 35.5. The Morgan fingerprint density at radius 3 is 2.77 bits per heavy atom. The SMILES string of the molecule is COC(=O)Cc1cccc(NC(=O)C2CC(F)(F)CN2)c1.Cl. The first kappa shape index (κ1) is 18.3. The normalized spacial score (nSPS) is 19.1. The molecule has 0 aromatic heterocycles. The van der Waals surface area contributed by atoms with Crippen molar-refractivity contribution in [2.45, 2.75) is 24.8 Å². The van der Waals surface area contributed by atoms with E-state index in [9.17, 15) is 18.4 Å². The van der Waals surface area contributed by atoms with Crippen LogP contribution in [0.15, 0.2) is 24.3 Å². The lowest BCUT2D eigenvalue weighted by Crippen LogP contribution is -2.35. The van der Waals surface area contributed by atoms with Gasteiger partial charge in [-0.25, -0.2) is 8.78 Å². The molecule has 0 saturated carbocycles. The van der Waals surface area contributed by atoms with Crippen LogP contribution in [0.3, 0.4) is 0 Å². The first-order valence-electron chi connectivity index (χ1n) is 6.47. The van der Waals surface area contributed by atoms with Gasteiger partial charge in [0.15, 0.2) is 0 Å². The molecule has 0 radical (unpaired) electrons. The summed E-state index contributed by atoms with van der Waals surface area (Å²) in [6.45, 7) is -0.493. The number of esters is 1. The third-order valence-electron chi connectivity index (χ3n) is 3.20. The molecule has 122 valence electrons. The van der Waals surface area contributed by atoms with Crippen LogP contribution in [0.5, 0.6) is 0 Å². The fraction of sp³-hybridized carbons (Fsp3) is 0.429. The van der Waals surface area contributed by atoms with Crippen LogP contribution in [-0.4, -0.2) is 37.5 Å². The fourth-order valence-electron chi connectivity index (χ4n) is 2.13. The predicted molar refractivity (Wildman–Crippen MR) is 79.4 cm³/mol. The average Bonchev–Trinajstić information content (AvgIpc) is 2.79. The van der Waals surface area contributed by atoms with Gasteiger partial charge in [-0.05, 0) is 17.7 Å². The summed E-state index contributed by atoms with van der Waals surface area (Å²) >= 11 is 0. The molecule has 1 amide bonds.